The van der Waals surface area contributed by atoms with E-state index in [-0.39, 0.29) is 10.6 Å². The zero-order valence-corrected chi connectivity index (χ0v) is 10.5. The lowest BCUT2D eigenvalue weighted by atomic mass is 10.1. The summed E-state index contributed by atoms with van der Waals surface area (Å²) >= 11 is 0. The highest BCUT2D eigenvalue weighted by atomic mass is 16.6. The number of benzene rings is 1. The van der Waals surface area contributed by atoms with E-state index in [4.69, 9.17) is 4.74 Å². The normalized spacial score (nSPS) is 10.6. The van der Waals surface area contributed by atoms with Gasteiger partial charge in [0.1, 0.15) is 0 Å². The maximum Gasteiger partial charge on any atom is 0.314 e. The molecular formula is C12H18N2O3. The van der Waals surface area contributed by atoms with E-state index in [1.54, 1.807) is 18.2 Å². The Morgan fingerprint density at radius 3 is 2.65 bits per heavy atom. The quantitative estimate of drug-likeness (QED) is 0.562. The molecule has 5 nitrogen and oxygen atoms in total. The van der Waals surface area contributed by atoms with Gasteiger partial charge in [-0.05, 0) is 39.5 Å². The Morgan fingerprint density at radius 1 is 1.41 bits per heavy atom. The Labute approximate surface area is 101 Å². The first kappa shape index (κ1) is 13.4. The van der Waals surface area contributed by atoms with Crippen molar-refractivity contribution < 1.29 is 9.66 Å². The van der Waals surface area contributed by atoms with Crippen molar-refractivity contribution >= 4 is 5.69 Å². The lowest BCUT2D eigenvalue weighted by Gasteiger charge is -2.10. The number of para-hydroxylation sites is 1. The van der Waals surface area contributed by atoms with E-state index in [0.29, 0.717) is 12.2 Å². The third-order valence-electron chi connectivity index (χ3n) is 2.54. The van der Waals surface area contributed by atoms with Crippen molar-refractivity contribution in [1.82, 2.24) is 4.90 Å². The molecule has 0 aliphatic carbocycles. The van der Waals surface area contributed by atoms with Crippen LogP contribution < -0.4 is 4.74 Å². The third-order valence-corrected chi connectivity index (χ3v) is 2.54. The molecule has 0 atom stereocenters. The monoisotopic (exact) mass is 238 g/mol. The molecular weight excluding hydrogens is 220 g/mol. The first-order chi connectivity index (χ1) is 8.06. The Morgan fingerprint density at radius 2 is 2.12 bits per heavy atom. The maximum absolute atomic E-state index is 11.0. The summed E-state index contributed by atoms with van der Waals surface area (Å²) in [5.74, 6) is 0.331. The van der Waals surface area contributed by atoms with E-state index in [2.05, 4.69) is 4.90 Å². The van der Waals surface area contributed by atoms with Gasteiger partial charge in [0.05, 0.1) is 12.0 Å². The molecule has 1 rings (SSSR count). The van der Waals surface area contributed by atoms with Crippen LogP contribution in [-0.2, 0) is 6.42 Å². The highest BCUT2D eigenvalue weighted by Crippen LogP contribution is 2.31. The number of hydrogen-bond acceptors (Lipinski definition) is 4. The summed E-state index contributed by atoms with van der Waals surface area (Å²) in [6, 6.07) is 5.20. The van der Waals surface area contributed by atoms with E-state index in [1.807, 2.05) is 14.1 Å². The number of rotatable bonds is 6. The van der Waals surface area contributed by atoms with Gasteiger partial charge in [0.25, 0.3) is 0 Å². The molecule has 0 radical (unpaired) electrons. The average Bonchev–Trinajstić information content (AvgIpc) is 2.27. The largest absolute Gasteiger partial charge is 0.490 e. The molecule has 0 saturated heterocycles. The van der Waals surface area contributed by atoms with Crippen molar-refractivity contribution in [3.05, 3.63) is 33.9 Å². The predicted octanol–water partition coefficient (Wildman–Crippen LogP) is 2.10. The van der Waals surface area contributed by atoms with Gasteiger partial charge < -0.3 is 9.64 Å². The average molecular weight is 238 g/mol. The fourth-order valence-electron chi connectivity index (χ4n) is 1.73. The molecule has 0 aromatic heterocycles. The summed E-state index contributed by atoms with van der Waals surface area (Å²) < 4.78 is 5.02. The highest BCUT2D eigenvalue weighted by molar-refractivity contribution is 5.52. The fourth-order valence-corrected chi connectivity index (χ4v) is 1.73. The van der Waals surface area contributed by atoms with Gasteiger partial charge in [0, 0.05) is 5.56 Å². The number of nitro groups is 1. The predicted molar refractivity (Wildman–Crippen MR) is 66.5 cm³/mol. The summed E-state index contributed by atoms with van der Waals surface area (Å²) in [4.78, 5) is 12.7. The van der Waals surface area contributed by atoms with Crippen LogP contribution in [0.15, 0.2) is 18.2 Å². The van der Waals surface area contributed by atoms with Crippen molar-refractivity contribution in [3.8, 4) is 5.75 Å². The van der Waals surface area contributed by atoms with Crippen LogP contribution in [0.2, 0.25) is 0 Å². The lowest BCUT2D eigenvalue weighted by molar-refractivity contribution is -0.386. The van der Waals surface area contributed by atoms with Crippen molar-refractivity contribution in [1.29, 1.82) is 0 Å². The van der Waals surface area contributed by atoms with E-state index in [0.717, 1.165) is 18.5 Å². The van der Waals surface area contributed by atoms with Crippen LogP contribution in [0.5, 0.6) is 5.75 Å². The van der Waals surface area contributed by atoms with Crippen LogP contribution in [0.25, 0.3) is 0 Å². The fraction of sp³-hybridized carbons (Fsp3) is 0.500. The van der Waals surface area contributed by atoms with Gasteiger partial charge in [-0.25, -0.2) is 0 Å². The molecule has 0 aliphatic rings. The number of nitrogens with zero attached hydrogens (tertiary/aromatic N) is 2. The molecule has 5 heteroatoms. The van der Waals surface area contributed by atoms with Gasteiger partial charge in [-0.2, -0.15) is 0 Å². The minimum Gasteiger partial charge on any atom is -0.490 e. The van der Waals surface area contributed by atoms with Crippen LogP contribution in [-0.4, -0.2) is 37.6 Å². The minimum atomic E-state index is -0.371. The SMILES string of the molecule is COc1cccc(CCCN(C)C)c1[N+](=O)[O-]. The molecule has 0 fully saturated rings. The standard InChI is InChI=1S/C12H18N2O3/c1-13(2)9-5-7-10-6-4-8-11(17-3)12(10)14(15)16/h4,6,8H,5,7,9H2,1-3H3. The van der Waals surface area contributed by atoms with Gasteiger partial charge in [0.2, 0.25) is 0 Å². The molecule has 0 N–H and O–H groups in total. The summed E-state index contributed by atoms with van der Waals surface area (Å²) in [6.07, 6.45) is 1.58. The number of hydrogen-bond donors (Lipinski definition) is 0. The second-order valence-electron chi connectivity index (χ2n) is 4.13. The molecule has 0 heterocycles. The molecule has 0 aliphatic heterocycles. The van der Waals surface area contributed by atoms with Crippen molar-refractivity contribution in [3.63, 3.8) is 0 Å². The van der Waals surface area contributed by atoms with Crippen molar-refractivity contribution in [2.45, 2.75) is 12.8 Å². The van der Waals surface area contributed by atoms with Gasteiger partial charge in [0.15, 0.2) is 5.75 Å². The molecule has 1 aromatic carbocycles. The molecule has 94 valence electrons. The third kappa shape index (κ3) is 3.71. The maximum atomic E-state index is 11.0. The van der Waals surface area contributed by atoms with E-state index >= 15 is 0 Å². The minimum absolute atomic E-state index is 0.0914. The molecule has 1 aromatic rings. The molecule has 17 heavy (non-hydrogen) atoms. The summed E-state index contributed by atoms with van der Waals surface area (Å²) in [5, 5.41) is 11.0. The Hall–Kier alpha value is -1.62. The van der Waals surface area contributed by atoms with E-state index in [1.165, 1.54) is 7.11 Å². The van der Waals surface area contributed by atoms with Crippen LogP contribution >= 0.6 is 0 Å². The molecule has 0 unspecified atom stereocenters. The van der Waals surface area contributed by atoms with Crippen LogP contribution in [0, 0.1) is 10.1 Å². The number of nitro benzene ring substituents is 1. The van der Waals surface area contributed by atoms with E-state index in [9.17, 15) is 10.1 Å². The summed E-state index contributed by atoms with van der Waals surface area (Å²) in [6.45, 7) is 0.911. The Balaban J connectivity index is 2.87. The van der Waals surface area contributed by atoms with Crippen LogP contribution in [0.4, 0.5) is 5.69 Å². The number of aryl methyl sites for hydroxylation is 1. The van der Waals surface area contributed by atoms with Gasteiger partial charge in [-0.15, -0.1) is 0 Å². The summed E-state index contributed by atoms with van der Waals surface area (Å²) in [5.41, 5.74) is 0.824. The first-order valence-electron chi connectivity index (χ1n) is 5.51. The second kappa shape index (κ2) is 6.20. The van der Waals surface area contributed by atoms with Gasteiger partial charge in [-0.3, -0.25) is 10.1 Å². The number of methoxy groups -OCH3 is 1. The van der Waals surface area contributed by atoms with Crippen LogP contribution in [0.1, 0.15) is 12.0 Å². The highest BCUT2D eigenvalue weighted by Gasteiger charge is 2.19. The smallest absolute Gasteiger partial charge is 0.314 e. The van der Waals surface area contributed by atoms with Gasteiger partial charge >= 0.3 is 5.69 Å². The second-order valence-corrected chi connectivity index (χ2v) is 4.13. The lowest BCUT2D eigenvalue weighted by Crippen LogP contribution is -2.13. The molecule has 0 amide bonds. The Kier molecular flexibility index (Phi) is 4.90. The zero-order valence-electron chi connectivity index (χ0n) is 10.5. The first-order valence-corrected chi connectivity index (χ1v) is 5.51. The molecule has 0 saturated carbocycles. The molecule has 0 bridgehead atoms. The molecule has 0 spiro atoms. The zero-order chi connectivity index (χ0) is 12.8. The summed E-state index contributed by atoms with van der Waals surface area (Å²) in [7, 11) is 5.42. The van der Waals surface area contributed by atoms with Crippen molar-refractivity contribution in [2.24, 2.45) is 0 Å². The van der Waals surface area contributed by atoms with E-state index < -0.39 is 0 Å². The topological polar surface area (TPSA) is 55.6 Å². The van der Waals surface area contributed by atoms with Crippen LogP contribution in [0.3, 0.4) is 0 Å². The number of ether oxygens (including phenoxy) is 1. The van der Waals surface area contributed by atoms with Crippen molar-refractivity contribution in [2.75, 3.05) is 27.7 Å². The van der Waals surface area contributed by atoms with Gasteiger partial charge in [-0.1, -0.05) is 12.1 Å². The Bertz CT molecular complexity index is 391.